The van der Waals surface area contributed by atoms with Gasteiger partial charge < -0.3 is 14.6 Å². The van der Waals surface area contributed by atoms with Crippen LogP contribution in [-0.4, -0.2) is 40.7 Å². The summed E-state index contributed by atoms with van der Waals surface area (Å²) in [6.45, 7) is 0. The highest BCUT2D eigenvalue weighted by molar-refractivity contribution is 6.02. The highest BCUT2D eigenvalue weighted by Crippen LogP contribution is 2.32. The Morgan fingerprint density at radius 1 is 1.26 bits per heavy atom. The summed E-state index contributed by atoms with van der Waals surface area (Å²) in [6.07, 6.45) is 5.00. The Hall–Kier alpha value is -1.69. The highest BCUT2D eigenvalue weighted by Gasteiger charge is 2.40. The molecule has 0 radical (unpaired) electrons. The number of aliphatic hydroxyl groups is 1. The molecule has 0 unspecified atom stereocenters. The zero-order valence-electron chi connectivity index (χ0n) is 11.2. The van der Waals surface area contributed by atoms with Gasteiger partial charge in [-0.15, -0.1) is 0 Å². The van der Waals surface area contributed by atoms with Crippen LogP contribution in [0.15, 0.2) is 6.20 Å². The molecule has 0 saturated heterocycles. The average Bonchev–Trinajstić information content (AvgIpc) is 2.46. The summed E-state index contributed by atoms with van der Waals surface area (Å²) in [5.41, 5.74) is -1.28. The summed E-state index contributed by atoms with van der Waals surface area (Å²) in [5, 5.41) is 10.4. The number of rotatable bonds is 4. The van der Waals surface area contributed by atoms with Gasteiger partial charge in [0, 0.05) is 0 Å². The molecule has 1 N–H and O–H groups in total. The summed E-state index contributed by atoms with van der Waals surface area (Å²) >= 11 is 0. The van der Waals surface area contributed by atoms with Crippen LogP contribution in [0.4, 0.5) is 0 Å². The summed E-state index contributed by atoms with van der Waals surface area (Å²) in [5.74, 6) is -0.0633. The van der Waals surface area contributed by atoms with Crippen molar-refractivity contribution in [3.05, 3.63) is 11.9 Å². The summed E-state index contributed by atoms with van der Waals surface area (Å²) in [6, 6.07) is 0. The minimum atomic E-state index is -1.34. The van der Waals surface area contributed by atoms with Gasteiger partial charge in [0.05, 0.1) is 20.4 Å². The van der Waals surface area contributed by atoms with Crippen LogP contribution < -0.4 is 9.47 Å². The largest absolute Gasteiger partial charge is 0.480 e. The van der Waals surface area contributed by atoms with Crippen molar-refractivity contribution in [2.45, 2.75) is 37.7 Å². The molecule has 0 amide bonds. The van der Waals surface area contributed by atoms with Gasteiger partial charge in [0.1, 0.15) is 5.60 Å². The minimum absolute atomic E-state index is 0.0627. The lowest BCUT2D eigenvalue weighted by Gasteiger charge is -2.30. The number of carbonyl (C=O) groups is 1. The maximum absolute atomic E-state index is 12.4. The Bertz CT molecular complexity index is 470. The summed E-state index contributed by atoms with van der Waals surface area (Å²) in [4.78, 5) is 20.5. The van der Waals surface area contributed by atoms with Crippen LogP contribution in [0.2, 0.25) is 0 Å². The number of carbonyl (C=O) groups excluding carboxylic acids is 1. The SMILES string of the molecule is COc1cnc(C(=O)C2(O)CCCCC2)c(OC)n1. The number of ether oxygens (including phenoxy) is 2. The second-order valence-electron chi connectivity index (χ2n) is 4.69. The normalized spacial score (nSPS) is 17.8. The number of methoxy groups -OCH3 is 2. The fourth-order valence-electron chi connectivity index (χ4n) is 2.34. The third kappa shape index (κ3) is 2.68. The Morgan fingerprint density at radius 2 is 1.95 bits per heavy atom. The maximum Gasteiger partial charge on any atom is 0.246 e. The van der Waals surface area contributed by atoms with E-state index in [1.165, 1.54) is 20.4 Å². The van der Waals surface area contributed by atoms with E-state index in [4.69, 9.17) is 9.47 Å². The summed E-state index contributed by atoms with van der Waals surface area (Å²) in [7, 11) is 2.87. The molecule has 0 aliphatic heterocycles. The van der Waals surface area contributed by atoms with E-state index >= 15 is 0 Å². The molecule has 1 fully saturated rings. The lowest BCUT2D eigenvalue weighted by Crippen LogP contribution is -2.41. The molecule has 2 rings (SSSR count). The van der Waals surface area contributed by atoms with Gasteiger partial charge in [0.2, 0.25) is 17.5 Å². The van der Waals surface area contributed by atoms with E-state index in [1.807, 2.05) is 0 Å². The second-order valence-corrected chi connectivity index (χ2v) is 4.69. The molecule has 19 heavy (non-hydrogen) atoms. The summed E-state index contributed by atoms with van der Waals surface area (Å²) < 4.78 is 9.99. The zero-order chi connectivity index (χ0) is 13.9. The molecule has 1 aliphatic rings. The molecule has 1 aromatic rings. The molecule has 1 aromatic heterocycles. The molecule has 104 valence electrons. The van der Waals surface area contributed by atoms with Crippen molar-refractivity contribution in [3.63, 3.8) is 0 Å². The smallest absolute Gasteiger partial charge is 0.246 e. The van der Waals surface area contributed by atoms with Crippen LogP contribution in [0.5, 0.6) is 11.8 Å². The molecule has 6 nitrogen and oxygen atoms in total. The Morgan fingerprint density at radius 3 is 2.53 bits per heavy atom. The van der Waals surface area contributed by atoms with Gasteiger partial charge in [0.15, 0.2) is 5.69 Å². The lowest BCUT2D eigenvalue weighted by atomic mass is 9.81. The molecule has 0 spiro atoms. The first kappa shape index (κ1) is 13.7. The first-order valence-electron chi connectivity index (χ1n) is 6.33. The number of Topliss-reactive ketones (excluding diaryl/α,β-unsaturated/α-hetero) is 1. The van der Waals surface area contributed by atoms with Crippen LogP contribution in [0, 0.1) is 0 Å². The zero-order valence-corrected chi connectivity index (χ0v) is 11.2. The fraction of sp³-hybridized carbons (Fsp3) is 0.615. The van der Waals surface area contributed by atoms with Gasteiger partial charge >= 0.3 is 0 Å². The number of aromatic nitrogens is 2. The predicted molar refractivity (Wildman–Crippen MR) is 67.5 cm³/mol. The van der Waals surface area contributed by atoms with E-state index in [-0.39, 0.29) is 17.5 Å². The van der Waals surface area contributed by atoms with E-state index < -0.39 is 11.4 Å². The molecular formula is C13H18N2O4. The number of hydrogen-bond acceptors (Lipinski definition) is 6. The van der Waals surface area contributed by atoms with Crippen LogP contribution in [0.3, 0.4) is 0 Å². The monoisotopic (exact) mass is 266 g/mol. The number of hydrogen-bond donors (Lipinski definition) is 1. The van der Waals surface area contributed by atoms with E-state index in [0.717, 1.165) is 19.3 Å². The van der Waals surface area contributed by atoms with E-state index in [9.17, 15) is 9.90 Å². The molecule has 1 aliphatic carbocycles. The van der Waals surface area contributed by atoms with E-state index in [1.54, 1.807) is 0 Å². The van der Waals surface area contributed by atoms with E-state index in [2.05, 4.69) is 9.97 Å². The predicted octanol–water partition coefficient (Wildman–Crippen LogP) is 1.37. The van der Waals surface area contributed by atoms with Crippen LogP contribution in [0.1, 0.15) is 42.6 Å². The topological polar surface area (TPSA) is 81.5 Å². The van der Waals surface area contributed by atoms with Gasteiger partial charge in [-0.2, -0.15) is 4.98 Å². The van der Waals surface area contributed by atoms with Crippen molar-refractivity contribution < 1.29 is 19.4 Å². The van der Waals surface area contributed by atoms with Gasteiger partial charge in [0.25, 0.3) is 0 Å². The number of ketones is 1. The molecule has 1 heterocycles. The molecule has 6 heteroatoms. The third-order valence-corrected chi connectivity index (χ3v) is 3.44. The molecule has 0 bridgehead atoms. The van der Waals surface area contributed by atoms with Crippen molar-refractivity contribution in [1.29, 1.82) is 0 Å². The average molecular weight is 266 g/mol. The number of nitrogens with zero attached hydrogens (tertiary/aromatic N) is 2. The standard InChI is InChI=1S/C13H18N2O4/c1-18-9-8-14-10(12(15-9)19-2)11(16)13(17)6-4-3-5-7-13/h8,17H,3-7H2,1-2H3. The third-order valence-electron chi connectivity index (χ3n) is 3.44. The quantitative estimate of drug-likeness (QED) is 0.829. The van der Waals surface area contributed by atoms with Gasteiger partial charge in [-0.3, -0.25) is 4.79 Å². The fourth-order valence-corrected chi connectivity index (χ4v) is 2.34. The van der Waals surface area contributed by atoms with Gasteiger partial charge in [-0.05, 0) is 12.8 Å². The highest BCUT2D eigenvalue weighted by atomic mass is 16.5. The lowest BCUT2D eigenvalue weighted by molar-refractivity contribution is 0.0108. The van der Waals surface area contributed by atoms with Crippen LogP contribution in [-0.2, 0) is 0 Å². The van der Waals surface area contributed by atoms with E-state index in [0.29, 0.717) is 12.8 Å². The van der Waals surface area contributed by atoms with Crippen LogP contribution >= 0.6 is 0 Å². The first-order valence-corrected chi connectivity index (χ1v) is 6.33. The molecule has 0 atom stereocenters. The van der Waals surface area contributed by atoms with Crippen molar-refractivity contribution in [3.8, 4) is 11.8 Å². The Balaban J connectivity index is 2.32. The Kier molecular flexibility index (Phi) is 3.99. The van der Waals surface area contributed by atoms with Crippen molar-refractivity contribution >= 4 is 5.78 Å². The van der Waals surface area contributed by atoms with Crippen molar-refractivity contribution in [2.24, 2.45) is 0 Å². The minimum Gasteiger partial charge on any atom is -0.480 e. The molecule has 1 saturated carbocycles. The second kappa shape index (κ2) is 5.52. The maximum atomic E-state index is 12.4. The first-order chi connectivity index (χ1) is 9.10. The van der Waals surface area contributed by atoms with Gasteiger partial charge in [-0.25, -0.2) is 4.98 Å². The van der Waals surface area contributed by atoms with Gasteiger partial charge in [-0.1, -0.05) is 19.3 Å². The molecule has 0 aromatic carbocycles. The molecular weight excluding hydrogens is 248 g/mol. The van der Waals surface area contributed by atoms with Crippen LogP contribution in [0.25, 0.3) is 0 Å². The van der Waals surface area contributed by atoms with Crippen molar-refractivity contribution in [2.75, 3.05) is 14.2 Å². The Labute approximate surface area is 111 Å². The van der Waals surface area contributed by atoms with Crippen molar-refractivity contribution in [1.82, 2.24) is 9.97 Å².